The summed E-state index contributed by atoms with van der Waals surface area (Å²) >= 11 is 0. The zero-order valence-electron chi connectivity index (χ0n) is 14.7. The number of carbonyl (C=O) groups excluding carboxylic acids is 1. The van der Waals surface area contributed by atoms with Gasteiger partial charge < -0.3 is 20.1 Å². The van der Waals surface area contributed by atoms with Crippen LogP contribution in [0.5, 0.6) is 0 Å². The molecule has 9 heteroatoms. The third-order valence-electron chi connectivity index (χ3n) is 4.75. The molecule has 0 aliphatic carbocycles. The maximum absolute atomic E-state index is 13.0. The van der Waals surface area contributed by atoms with Gasteiger partial charge in [0.1, 0.15) is 23.1 Å². The minimum Gasteiger partial charge on any atom is -0.444 e. The summed E-state index contributed by atoms with van der Waals surface area (Å²) in [5.74, 6) is 0. The van der Waals surface area contributed by atoms with Crippen LogP contribution in [0.15, 0.2) is 35.2 Å². The van der Waals surface area contributed by atoms with Gasteiger partial charge in [-0.25, -0.2) is 13.2 Å². The van der Waals surface area contributed by atoms with Crippen LogP contribution in [0.4, 0.5) is 4.79 Å². The molecular formula is C17H23NO7S. The highest BCUT2D eigenvalue weighted by Gasteiger charge is 2.68. The monoisotopic (exact) mass is 385 g/mol. The van der Waals surface area contributed by atoms with E-state index in [0.29, 0.717) is 0 Å². The Balaban J connectivity index is 2.01. The smallest absolute Gasteiger partial charge is 0.411 e. The maximum Gasteiger partial charge on any atom is 0.411 e. The van der Waals surface area contributed by atoms with Crippen molar-refractivity contribution in [1.29, 1.82) is 0 Å². The van der Waals surface area contributed by atoms with Crippen molar-refractivity contribution in [3.05, 3.63) is 30.3 Å². The van der Waals surface area contributed by atoms with Crippen LogP contribution in [0.1, 0.15) is 20.8 Å². The number of aliphatic hydroxyl groups is 3. The van der Waals surface area contributed by atoms with Gasteiger partial charge in [0.2, 0.25) is 0 Å². The molecule has 1 aromatic carbocycles. The molecule has 1 aromatic rings. The number of hydrogen-bond donors (Lipinski definition) is 3. The van der Waals surface area contributed by atoms with E-state index < -0.39 is 57.2 Å². The number of sulfone groups is 1. The molecule has 0 unspecified atom stereocenters. The van der Waals surface area contributed by atoms with E-state index in [1.165, 1.54) is 12.1 Å². The van der Waals surface area contributed by atoms with Crippen LogP contribution >= 0.6 is 0 Å². The molecule has 2 aliphatic rings. The van der Waals surface area contributed by atoms with E-state index in [1.807, 2.05) is 0 Å². The highest BCUT2D eigenvalue weighted by atomic mass is 32.2. The number of benzene rings is 1. The maximum atomic E-state index is 13.0. The van der Waals surface area contributed by atoms with Crippen LogP contribution in [0.2, 0.25) is 0 Å². The summed E-state index contributed by atoms with van der Waals surface area (Å²) in [5.41, 5.74) is -0.853. The first-order valence-corrected chi connectivity index (χ1v) is 9.86. The van der Waals surface area contributed by atoms with Gasteiger partial charge >= 0.3 is 6.09 Å². The quantitative estimate of drug-likeness (QED) is 0.650. The first-order valence-electron chi connectivity index (χ1n) is 8.31. The van der Waals surface area contributed by atoms with Crippen LogP contribution in [-0.2, 0) is 14.6 Å². The molecule has 3 rings (SSSR count). The minimum atomic E-state index is -4.06. The standard InChI is InChI=1S/C17H23NO7S/c1-17(2,3)25-16(22)18-10-12(19)13(20)11(18)15(14(10)21)26(23,24)9-7-5-4-6-8-9/h4-8,10-15,19-21H,1-3H3/t10-,11+,12+,13-,14+,15-/m0/s1. The Labute approximate surface area is 151 Å². The van der Waals surface area contributed by atoms with E-state index >= 15 is 0 Å². The number of aliphatic hydroxyl groups excluding tert-OH is 3. The Morgan fingerprint density at radius 1 is 1.00 bits per heavy atom. The first-order chi connectivity index (χ1) is 12.0. The van der Waals surface area contributed by atoms with Crippen molar-refractivity contribution in [2.45, 2.75) is 66.9 Å². The van der Waals surface area contributed by atoms with Gasteiger partial charge in [-0.05, 0) is 32.9 Å². The highest BCUT2D eigenvalue weighted by Crippen LogP contribution is 2.44. The Morgan fingerprint density at radius 2 is 1.54 bits per heavy atom. The third kappa shape index (κ3) is 2.88. The molecule has 3 N–H and O–H groups in total. The van der Waals surface area contributed by atoms with E-state index in [0.717, 1.165) is 4.90 Å². The Bertz CT molecular complexity index is 789. The Kier molecular flexibility index (Phi) is 4.55. The molecule has 0 saturated carbocycles. The molecule has 2 saturated heterocycles. The molecule has 2 heterocycles. The molecule has 2 bridgehead atoms. The van der Waals surface area contributed by atoms with E-state index in [-0.39, 0.29) is 4.90 Å². The van der Waals surface area contributed by atoms with Crippen molar-refractivity contribution in [3.63, 3.8) is 0 Å². The largest absolute Gasteiger partial charge is 0.444 e. The van der Waals surface area contributed by atoms with E-state index in [2.05, 4.69) is 0 Å². The minimum absolute atomic E-state index is 0.0255. The molecular weight excluding hydrogens is 362 g/mol. The summed E-state index contributed by atoms with van der Waals surface area (Å²) in [5, 5.41) is 29.6. The highest BCUT2D eigenvalue weighted by molar-refractivity contribution is 7.92. The second kappa shape index (κ2) is 6.19. The van der Waals surface area contributed by atoms with Crippen molar-refractivity contribution in [3.8, 4) is 0 Å². The van der Waals surface area contributed by atoms with Crippen LogP contribution in [0.25, 0.3) is 0 Å². The van der Waals surface area contributed by atoms with E-state index in [9.17, 15) is 28.5 Å². The van der Waals surface area contributed by atoms with E-state index in [4.69, 9.17) is 4.74 Å². The zero-order chi connectivity index (χ0) is 19.4. The molecule has 0 aromatic heterocycles. The number of amides is 1. The number of hydrogen-bond acceptors (Lipinski definition) is 7. The topological polar surface area (TPSA) is 124 Å². The van der Waals surface area contributed by atoms with Crippen LogP contribution < -0.4 is 0 Å². The fourth-order valence-corrected chi connectivity index (χ4v) is 5.78. The fourth-order valence-electron chi connectivity index (χ4n) is 3.74. The summed E-state index contributed by atoms with van der Waals surface area (Å²) in [6.45, 7) is 4.93. The second-order valence-corrected chi connectivity index (χ2v) is 9.77. The summed E-state index contributed by atoms with van der Waals surface area (Å²) in [4.78, 5) is 13.5. The van der Waals surface area contributed by atoms with Gasteiger partial charge in [0.25, 0.3) is 0 Å². The zero-order valence-corrected chi connectivity index (χ0v) is 15.5. The molecule has 2 fully saturated rings. The van der Waals surface area contributed by atoms with Crippen molar-refractivity contribution in [1.82, 2.24) is 4.90 Å². The van der Waals surface area contributed by atoms with Gasteiger partial charge in [-0.15, -0.1) is 0 Å². The predicted molar refractivity (Wildman–Crippen MR) is 91.1 cm³/mol. The Hall–Kier alpha value is -1.68. The van der Waals surface area contributed by atoms with Gasteiger partial charge in [-0.1, -0.05) is 18.2 Å². The number of ether oxygens (including phenoxy) is 1. The van der Waals surface area contributed by atoms with Gasteiger partial charge in [-0.3, -0.25) is 4.90 Å². The number of rotatable bonds is 2. The summed E-state index contributed by atoms with van der Waals surface area (Å²) in [7, 11) is -4.06. The molecule has 1 amide bonds. The summed E-state index contributed by atoms with van der Waals surface area (Å²) in [6.07, 6.45) is -5.38. The van der Waals surface area contributed by atoms with Gasteiger partial charge in [0.15, 0.2) is 9.84 Å². The second-order valence-electron chi connectivity index (χ2n) is 7.66. The van der Waals surface area contributed by atoms with Crippen LogP contribution in [0.3, 0.4) is 0 Å². The van der Waals surface area contributed by atoms with Crippen molar-refractivity contribution < 1.29 is 33.3 Å². The van der Waals surface area contributed by atoms with Crippen LogP contribution in [0, 0.1) is 0 Å². The van der Waals surface area contributed by atoms with Crippen molar-refractivity contribution in [2.24, 2.45) is 0 Å². The number of carbonyl (C=O) groups is 1. The normalized spacial score (nSPS) is 34.2. The lowest BCUT2D eigenvalue weighted by atomic mass is 9.92. The predicted octanol–water partition coefficient (Wildman–Crippen LogP) is -0.0869. The molecule has 0 spiro atoms. The third-order valence-corrected chi connectivity index (χ3v) is 6.95. The molecule has 144 valence electrons. The van der Waals surface area contributed by atoms with Gasteiger partial charge in [0.05, 0.1) is 23.1 Å². The van der Waals surface area contributed by atoms with Crippen molar-refractivity contribution in [2.75, 3.05) is 0 Å². The van der Waals surface area contributed by atoms with Gasteiger partial charge in [-0.2, -0.15) is 0 Å². The average Bonchev–Trinajstić information content (AvgIpc) is 2.98. The summed E-state index contributed by atoms with van der Waals surface area (Å²) < 4.78 is 31.3. The average molecular weight is 385 g/mol. The number of nitrogens with zero attached hydrogens (tertiary/aromatic N) is 1. The lowest BCUT2D eigenvalue weighted by Crippen LogP contribution is -2.55. The lowest BCUT2D eigenvalue weighted by Gasteiger charge is -2.30. The van der Waals surface area contributed by atoms with Crippen molar-refractivity contribution >= 4 is 15.9 Å². The molecule has 8 nitrogen and oxygen atoms in total. The SMILES string of the molecule is CC(C)(C)OC(=O)N1[C@@H]2[C@@H](O)[C@@H](S(=O)(=O)c3ccccc3)[C@H]1[C@H](O)[C@@H]2O. The molecule has 26 heavy (non-hydrogen) atoms. The van der Waals surface area contributed by atoms with E-state index in [1.54, 1.807) is 39.0 Å². The molecule has 2 aliphatic heterocycles. The summed E-state index contributed by atoms with van der Waals surface area (Å²) in [6, 6.07) is 4.95. The lowest BCUT2D eigenvalue weighted by molar-refractivity contribution is -0.0273. The van der Waals surface area contributed by atoms with Crippen LogP contribution in [-0.4, -0.2) is 76.0 Å². The Morgan fingerprint density at radius 3 is 2.08 bits per heavy atom. The van der Waals surface area contributed by atoms with Gasteiger partial charge in [0, 0.05) is 0 Å². The number of fused-ring (bicyclic) bond motifs is 2. The fraction of sp³-hybridized carbons (Fsp3) is 0.588. The first kappa shape index (κ1) is 19.1. The molecule has 0 radical (unpaired) electrons. The molecule has 6 atom stereocenters.